The summed E-state index contributed by atoms with van der Waals surface area (Å²) >= 11 is 0. The molecule has 6 heteroatoms. The van der Waals surface area contributed by atoms with Gasteiger partial charge in [-0.25, -0.2) is 0 Å². The molecular formula is C21H27NO5. The average molecular weight is 373 g/mol. The fraction of sp³-hybridized carbons (Fsp3) is 0.381. The van der Waals surface area contributed by atoms with Gasteiger partial charge in [-0.05, 0) is 36.2 Å². The second kappa shape index (κ2) is 9.71. The van der Waals surface area contributed by atoms with Crippen molar-refractivity contribution in [1.29, 1.82) is 0 Å². The molecule has 1 amide bonds. The highest BCUT2D eigenvalue weighted by molar-refractivity contribution is 5.93. The number of ether oxygens (including phenoxy) is 4. The van der Waals surface area contributed by atoms with Gasteiger partial charge in [0, 0.05) is 24.7 Å². The van der Waals surface area contributed by atoms with Gasteiger partial charge in [0.05, 0.1) is 28.4 Å². The fourth-order valence-electron chi connectivity index (χ4n) is 2.86. The maximum Gasteiger partial charge on any atom is 0.226 e. The third-order valence-corrected chi connectivity index (χ3v) is 4.35. The average Bonchev–Trinajstić information content (AvgIpc) is 2.72. The molecule has 0 N–H and O–H groups in total. The van der Waals surface area contributed by atoms with Crippen LogP contribution in [-0.4, -0.2) is 40.9 Å². The second-order valence-corrected chi connectivity index (χ2v) is 5.88. The molecule has 6 nitrogen and oxygen atoms in total. The number of benzene rings is 2. The lowest BCUT2D eigenvalue weighted by molar-refractivity contribution is -0.118. The predicted molar refractivity (Wildman–Crippen MR) is 105 cm³/mol. The van der Waals surface area contributed by atoms with Crippen molar-refractivity contribution < 1.29 is 23.7 Å². The Morgan fingerprint density at radius 3 is 1.93 bits per heavy atom. The van der Waals surface area contributed by atoms with Crippen LogP contribution in [-0.2, 0) is 11.2 Å². The lowest BCUT2D eigenvalue weighted by Gasteiger charge is -2.23. The SMILES string of the molecule is CCC(=O)N(CCc1ccc(OC)c(OC)c1)c1ccc(OC)c(OC)c1. The summed E-state index contributed by atoms with van der Waals surface area (Å²) in [6.07, 6.45) is 1.10. The molecule has 0 spiro atoms. The summed E-state index contributed by atoms with van der Waals surface area (Å²) < 4.78 is 21.3. The van der Waals surface area contributed by atoms with Crippen LogP contribution in [0.4, 0.5) is 5.69 Å². The molecule has 2 aromatic rings. The molecule has 0 aliphatic carbocycles. The van der Waals surface area contributed by atoms with Gasteiger partial charge in [0.25, 0.3) is 0 Å². The van der Waals surface area contributed by atoms with Gasteiger partial charge >= 0.3 is 0 Å². The summed E-state index contributed by atoms with van der Waals surface area (Å²) in [5, 5.41) is 0. The van der Waals surface area contributed by atoms with E-state index in [0.29, 0.717) is 42.4 Å². The first-order valence-corrected chi connectivity index (χ1v) is 8.81. The molecule has 2 aromatic carbocycles. The van der Waals surface area contributed by atoms with Gasteiger partial charge in [0.1, 0.15) is 0 Å². The van der Waals surface area contributed by atoms with Crippen LogP contribution in [0.2, 0.25) is 0 Å². The molecule has 0 saturated heterocycles. The van der Waals surface area contributed by atoms with E-state index in [1.807, 2.05) is 37.3 Å². The van der Waals surface area contributed by atoms with Gasteiger partial charge in [0.2, 0.25) is 5.91 Å². The number of hydrogen-bond acceptors (Lipinski definition) is 5. The first kappa shape index (κ1) is 20.4. The van der Waals surface area contributed by atoms with Crippen LogP contribution < -0.4 is 23.8 Å². The highest BCUT2D eigenvalue weighted by Gasteiger charge is 2.17. The molecule has 0 saturated carbocycles. The summed E-state index contributed by atoms with van der Waals surface area (Å²) in [4.78, 5) is 14.3. The van der Waals surface area contributed by atoms with Crippen LogP contribution in [0, 0.1) is 0 Å². The van der Waals surface area contributed by atoms with E-state index in [0.717, 1.165) is 11.3 Å². The van der Waals surface area contributed by atoms with Crippen LogP contribution >= 0.6 is 0 Å². The molecule has 0 fully saturated rings. The van der Waals surface area contributed by atoms with Gasteiger partial charge in [-0.3, -0.25) is 4.79 Å². The van der Waals surface area contributed by atoms with Crippen LogP contribution in [0.15, 0.2) is 36.4 Å². The molecule has 0 bridgehead atoms. The Kier molecular flexibility index (Phi) is 7.34. The molecule has 0 aliphatic rings. The highest BCUT2D eigenvalue weighted by atomic mass is 16.5. The number of methoxy groups -OCH3 is 4. The van der Waals surface area contributed by atoms with Crippen molar-refractivity contribution in [1.82, 2.24) is 0 Å². The van der Waals surface area contributed by atoms with E-state index >= 15 is 0 Å². The Bertz CT molecular complexity index is 775. The van der Waals surface area contributed by atoms with Crippen LogP contribution in [0.5, 0.6) is 23.0 Å². The topological polar surface area (TPSA) is 57.2 Å². The highest BCUT2D eigenvalue weighted by Crippen LogP contribution is 2.32. The standard InChI is InChI=1S/C21H27NO5/c1-6-21(23)22(16-8-10-18(25-3)20(14-16)27-5)12-11-15-7-9-17(24-2)19(13-15)26-4/h7-10,13-14H,6,11-12H2,1-5H3. The van der Waals surface area contributed by atoms with E-state index in [2.05, 4.69) is 0 Å². The number of amides is 1. The molecule has 0 aromatic heterocycles. The van der Waals surface area contributed by atoms with Crippen molar-refractivity contribution in [3.8, 4) is 23.0 Å². The lowest BCUT2D eigenvalue weighted by Crippen LogP contribution is -2.32. The van der Waals surface area contributed by atoms with Crippen molar-refractivity contribution in [3.63, 3.8) is 0 Å². The van der Waals surface area contributed by atoms with Gasteiger partial charge in [-0.2, -0.15) is 0 Å². The first-order valence-electron chi connectivity index (χ1n) is 8.81. The summed E-state index contributed by atoms with van der Waals surface area (Å²) in [5.41, 5.74) is 1.84. The number of hydrogen-bond donors (Lipinski definition) is 0. The predicted octanol–water partition coefficient (Wildman–Crippen LogP) is 3.71. The maximum atomic E-state index is 12.5. The maximum absolute atomic E-state index is 12.5. The first-order chi connectivity index (χ1) is 13.1. The quantitative estimate of drug-likeness (QED) is 0.671. The van der Waals surface area contributed by atoms with E-state index in [1.165, 1.54) is 0 Å². The van der Waals surface area contributed by atoms with Crippen LogP contribution in [0.3, 0.4) is 0 Å². The molecule has 0 unspecified atom stereocenters. The van der Waals surface area contributed by atoms with E-state index in [9.17, 15) is 4.79 Å². The minimum atomic E-state index is 0.0442. The van der Waals surface area contributed by atoms with Crippen molar-refractivity contribution in [3.05, 3.63) is 42.0 Å². The fourth-order valence-corrected chi connectivity index (χ4v) is 2.86. The second-order valence-electron chi connectivity index (χ2n) is 5.88. The number of nitrogens with zero attached hydrogens (tertiary/aromatic N) is 1. The zero-order valence-electron chi connectivity index (χ0n) is 16.6. The number of carbonyl (C=O) groups excluding carboxylic acids is 1. The minimum absolute atomic E-state index is 0.0442. The Balaban J connectivity index is 2.24. The normalized spacial score (nSPS) is 10.3. The largest absolute Gasteiger partial charge is 0.493 e. The molecular weight excluding hydrogens is 346 g/mol. The molecule has 2 rings (SSSR count). The Hall–Kier alpha value is -2.89. The Morgan fingerprint density at radius 2 is 1.37 bits per heavy atom. The summed E-state index contributed by atoms with van der Waals surface area (Å²) in [7, 11) is 6.38. The van der Waals surface area contributed by atoms with Crippen molar-refractivity contribution >= 4 is 11.6 Å². The van der Waals surface area contributed by atoms with Crippen molar-refractivity contribution in [2.75, 3.05) is 39.9 Å². The van der Waals surface area contributed by atoms with Crippen molar-refractivity contribution in [2.24, 2.45) is 0 Å². The van der Waals surface area contributed by atoms with E-state index in [4.69, 9.17) is 18.9 Å². The van der Waals surface area contributed by atoms with E-state index < -0.39 is 0 Å². The molecule has 0 heterocycles. The third kappa shape index (κ3) is 4.84. The zero-order chi connectivity index (χ0) is 19.8. The summed E-state index contributed by atoms with van der Waals surface area (Å²) in [6, 6.07) is 11.3. The molecule has 0 aliphatic heterocycles. The number of rotatable bonds is 9. The Labute approximate surface area is 160 Å². The van der Waals surface area contributed by atoms with Gasteiger partial charge in [-0.1, -0.05) is 13.0 Å². The molecule has 27 heavy (non-hydrogen) atoms. The number of carbonyl (C=O) groups is 1. The Morgan fingerprint density at radius 1 is 0.815 bits per heavy atom. The van der Waals surface area contributed by atoms with Gasteiger partial charge < -0.3 is 23.8 Å². The summed E-state index contributed by atoms with van der Waals surface area (Å²) in [6.45, 7) is 2.39. The van der Waals surface area contributed by atoms with Crippen molar-refractivity contribution in [2.45, 2.75) is 19.8 Å². The third-order valence-electron chi connectivity index (χ3n) is 4.35. The molecule has 146 valence electrons. The van der Waals surface area contributed by atoms with E-state index in [1.54, 1.807) is 39.4 Å². The van der Waals surface area contributed by atoms with Gasteiger partial charge in [-0.15, -0.1) is 0 Å². The molecule has 0 atom stereocenters. The van der Waals surface area contributed by atoms with Crippen LogP contribution in [0.25, 0.3) is 0 Å². The van der Waals surface area contributed by atoms with E-state index in [-0.39, 0.29) is 5.91 Å². The summed E-state index contributed by atoms with van der Waals surface area (Å²) in [5.74, 6) is 2.62. The number of anilines is 1. The smallest absolute Gasteiger partial charge is 0.226 e. The lowest BCUT2D eigenvalue weighted by atomic mass is 10.1. The van der Waals surface area contributed by atoms with Crippen LogP contribution in [0.1, 0.15) is 18.9 Å². The zero-order valence-corrected chi connectivity index (χ0v) is 16.6. The van der Waals surface area contributed by atoms with Gasteiger partial charge in [0.15, 0.2) is 23.0 Å². The molecule has 0 radical (unpaired) electrons. The monoisotopic (exact) mass is 373 g/mol. The minimum Gasteiger partial charge on any atom is -0.493 e.